The number of rotatable bonds is 0. The van der Waals surface area contributed by atoms with Gasteiger partial charge in [0.15, 0.2) is 0 Å². The third kappa shape index (κ3) is 1.60. The van der Waals surface area contributed by atoms with Crippen molar-refractivity contribution >= 4 is 0 Å². The third-order valence-corrected chi connectivity index (χ3v) is 2.65. The molecule has 1 heterocycles. The molecule has 0 aromatic rings. The molecule has 1 aliphatic heterocycles. The molecule has 0 bridgehead atoms. The SMILES string of the molecule is C=C1CC(C#N)C2OCCOC2C1. The molecule has 0 amide bonds. The summed E-state index contributed by atoms with van der Waals surface area (Å²) in [7, 11) is 0. The van der Waals surface area contributed by atoms with Crippen molar-refractivity contribution in [1.82, 2.24) is 0 Å². The largest absolute Gasteiger partial charge is 0.373 e. The van der Waals surface area contributed by atoms with Gasteiger partial charge in [0, 0.05) is 0 Å². The first-order valence-corrected chi connectivity index (χ1v) is 4.60. The summed E-state index contributed by atoms with van der Waals surface area (Å²) in [6.45, 7) is 5.18. The minimum Gasteiger partial charge on any atom is -0.373 e. The summed E-state index contributed by atoms with van der Waals surface area (Å²) in [5.41, 5.74) is 1.11. The van der Waals surface area contributed by atoms with Crippen molar-refractivity contribution in [3.63, 3.8) is 0 Å². The van der Waals surface area contributed by atoms with Crippen molar-refractivity contribution in [2.24, 2.45) is 5.92 Å². The highest BCUT2D eigenvalue weighted by Crippen LogP contribution is 2.33. The predicted molar refractivity (Wildman–Crippen MR) is 47.0 cm³/mol. The van der Waals surface area contributed by atoms with Crippen LogP contribution in [0.2, 0.25) is 0 Å². The Kier molecular flexibility index (Phi) is 2.34. The van der Waals surface area contributed by atoms with Crippen LogP contribution in [0, 0.1) is 17.2 Å². The Morgan fingerprint density at radius 2 is 2.08 bits per heavy atom. The Morgan fingerprint density at radius 3 is 2.85 bits per heavy atom. The van der Waals surface area contributed by atoms with E-state index in [0.29, 0.717) is 13.2 Å². The summed E-state index contributed by atoms with van der Waals surface area (Å²) in [6, 6.07) is 2.27. The lowest BCUT2D eigenvalue weighted by molar-refractivity contribution is -0.158. The summed E-state index contributed by atoms with van der Waals surface area (Å²) in [4.78, 5) is 0. The lowest BCUT2D eigenvalue weighted by Gasteiger charge is -2.38. The van der Waals surface area contributed by atoms with Gasteiger partial charge in [-0.25, -0.2) is 0 Å². The Bertz CT molecular complexity index is 256. The van der Waals surface area contributed by atoms with Crippen LogP contribution in [0.5, 0.6) is 0 Å². The van der Waals surface area contributed by atoms with E-state index in [9.17, 15) is 0 Å². The first kappa shape index (κ1) is 8.74. The fourth-order valence-electron chi connectivity index (χ4n) is 2.05. The zero-order chi connectivity index (χ0) is 9.26. The minimum absolute atomic E-state index is 0.0238. The molecule has 0 aromatic carbocycles. The maximum absolute atomic E-state index is 8.92. The van der Waals surface area contributed by atoms with E-state index < -0.39 is 0 Å². The van der Waals surface area contributed by atoms with Crippen molar-refractivity contribution in [2.75, 3.05) is 13.2 Å². The van der Waals surface area contributed by atoms with Gasteiger partial charge < -0.3 is 9.47 Å². The number of fused-ring (bicyclic) bond motifs is 1. The smallest absolute Gasteiger partial charge is 0.100 e. The van der Waals surface area contributed by atoms with Gasteiger partial charge in [-0.1, -0.05) is 12.2 Å². The van der Waals surface area contributed by atoms with Crippen molar-refractivity contribution in [1.29, 1.82) is 5.26 Å². The molecule has 1 saturated carbocycles. The number of hydrogen-bond acceptors (Lipinski definition) is 3. The molecule has 0 spiro atoms. The highest BCUT2D eigenvalue weighted by Gasteiger charge is 2.38. The summed E-state index contributed by atoms with van der Waals surface area (Å²) in [6.07, 6.45) is 1.66. The topological polar surface area (TPSA) is 42.2 Å². The van der Waals surface area contributed by atoms with Gasteiger partial charge in [-0.05, 0) is 12.8 Å². The van der Waals surface area contributed by atoms with E-state index in [4.69, 9.17) is 14.7 Å². The molecule has 0 aromatic heterocycles. The van der Waals surface area contributed by atoms with Gasteiger partial charge >= 0.3 is 0 Å². The molecule has 3 heteroatoms. The second-order valence-electron chi connectivity index (χ2n) is 3.64. The van der Waals surface area contributed by atoms with Crippen molar-refractivity contribution in [2.45, 2.75) is 25.0 Å². The molecule has 3 atom stereocenters. The zero-order valence-electron chi connectivity index (χ0n) is 7.53. The number of ether oxygens (including phenoxy) is 2. The molecule has 70 valence electrons. The van der Waals surface area contributed by atoms with E-state index in [1.807, 2.05) is 0 Å². The van der Waals surface area contributed by atoms with Crippen molar-refractivity contribution in [3.05, 3.63) is 12.2 Å². The van der Waals surface area contributed by atoms with E-state index >= 15 is 0 Å². The molecule has 2 fully saturated rings. The molecular formula is C10H13NO2. The lowest BCUT2D eigenvalue weighted by Crippen LogP contribution is -2.46. The number of hydrogen-bond donors (Lipinski definition) is 0. The van der Waals surface area contributed by atoms with Crippen molar-refractivity contribution < 1.29 is 9.47 Å². The monoisotopic (exact) mass is 179 g/mol. The second kappa shape index (κ2) is 3.49. The van der Waals surface area contributed by atoms with Crippen LogP contribution in [0.1, 0.15) is 12.8 Å². The fourth-order valence-corrected chi connectivity index (χ4v) is 2.05. The van der Waals surface area contributed by atoms with E-state index in [-0.39, 0.29) is 18.1 Å². The predicted octanol–water partition coefficient (Wildman–Crippen LogP) is 1.26. The standard InChI is InChI=1S/C10H13NO2/c1-7-4-8(6-11)10-9(5-7)12-2-3-13-10/h8-10H,1-5H2. The highest BCUT2D eigenvalue weighted by molar-refractivity contribution is 5.12. The van der Waals surface area contributed by atoms with Gasteiger partial charge in [0.2, 0.25) is 0 Å². The molecule has 1 aliphatic carbocycles. The van der Waals surface area contributed by atoms with Crippen LogP contribution in [0.3, 0.4) is 0 Å². The first-order chi connectivity index (χ1) is 6.31. The summed E-state index contributed by atoms with van der Waals surface area (Å²) in [5.74, 6) is -0.0634. The third-order valence-electron chi connectivity index (χ3n) is 2.65. The average molecular weight is 179 g/mol. The Labute approximate surface area is 77.9 Å². The Balaban J connectivity index is 2.12. The molecule has 0 radical (unpaired) electrons. The minimum atomic E-state index is -0.0634. The molecule has 3 unspecified atom stereocenters. The molecule has 3 nitrogen and oxygen atoms in total. The van der Waals surface area contributed by atoms with Crippen LogP contribution in [-0.2, 0) is 9.47 Å². The van der Waals surface area contributed by atoms with Crippen molar-refractivity contribution in [3.8, 4) is 6.07 Å². The van der Waals surface area contributed by atoms with Crippen LogP contribution in [-0.4, -0.2) is 25.4 Å². The summed E-state index contributed by atoms with van der Waals surface area (Å²) in [5, 5.41) is 8.92. The molecule has 0 N–H and O–H groups in total. The Hall–Kier alpha value is -0.850. The summed E-state index contributed by atoms with van der Waals surface area (Å²) >= 11 is 0. The zero-order valence-corrected chi connectivity index (χ0v) is 7.53. The fraction of sp³-hybridized carbons (Fsp3) is 0.700. The average Bonchev–Trinajstić information content (AvgIpc) is 2.16. The molecule has 1 saturated heterocycles. The highest BCUT2D eigenvalue weighted by atomic mass is 16.6. The van der Waals surface area contributed by atoms with Gasteiger partial charge in [-0.3, -0.25) is 0 Å². The second-order valence-corrected chi connectivity index (χ2v) is 3.64. The van der Waals surface area contributed by atoms with Crippen LogP contribution < -0.4 is 0 Å². The van der Waals surface area contributed by atoms with Crippen LogP contribution in [0.15, 0.2) is 12.2 Å². The number of nitriles is 1. The van der Waals surface area contributed by atoms with Crippen LogP contribution >= 0.6 is 0 Å². The molecule has 2 rings (SSSR count). The van der Waals surface area contributed by atoms with Gasteiger partial charge in [0.25, 0.3) is 0 Å². The normalized spacial score (nSPS) is 39.3. The van der Waals surface area contributed by atoms with E-state index in [1.165, 1.54) is 0 Å². The van der Waals surface area contributed by atoms with Gasteiger partial charge in [0.05, 0.1) is 31.3 Å². The van der Waals surface area contributed by atoms with Gasteiger partial charge in [-0.2, -0.15) is 5.26 Å². The molecular weight excluding hydrogens is 166 g/mol. The van der Waals surface area contributed by atoms with Gasteiger partial charge in [-0.15, -0.1) is 0 Å². The van der Waals surface area contributed by atoms with Crippen LogP contribution in [0.4, 0.5) is 0 Å². The number of nitrogens with zero attached hydrogens (tertiary/aromatic N) is 1. The van der Waals surface area contributed by atoms with E-state index in [1.54, 1.807) is 0 Å². The molecule has 13 heavy (non-hydrogen) atoms. The quantitative estimate of drug-likeness (QED) is 0.526. The lowest BCUT2D eigenvalue weighted by atomic mass is 9.82. The summed E-state index contributed by atoms with van der Waals surface area (Å²) < 4.78 is 11.1. The maximum Gasteiger partial charge on any atom is 0.100 e. The Morgan fingerprint density at radius 1 is 1.31 bits per heavy atom. The van der Waals surface area contributed by atoms with E-state index in [0.717, 1.165) is 18.4 Å². The van der Waals surface area contributed by atoms with E-state index in [2.05, 4.69) is 12.6 Å². The van der Waals surface area contributed by atoms with Gasteiger partial charge in [0.1, 0.15) is 6.10 Å². The molecule has 2 aliphatic rings. The first-order valence-electron chi connectivity index (χ1n) is 4.60. The van der Waals surface area contributed by atoms with Crippen LogP contribution in [0.25, 0.3) is 0 Å². The maximum atomic E-state index is 8.92.